The van der Waals surface area contributed by atoms with Gasteiger partial charge in [-0.25, -0.2) is 9.59 Å². The summed E-state index contributed by atoms with van der Waals surface area (Å²) in [6.07, 6.45) is 1.71. The Morgan fingerprint density at radius 3 is 2.90 bits per heavy atom. The van der Waals surface area contributed by atoms with Crippen LogP contribution in [0.1, 0.15) is 19.8 Å². The number of thioether (sulfide) groups is 1. The molecule has 2 amide bonds. The van der Waals surface area contributed by atoms with Crippen LogP contribution in [-0.4, -0.2) is 39.2 Å². The number of rotatable bonds is 4. The molecule has 0 spiro atoms. The molecule has 2 unspecified atom stereocenters. The second-order valence-electron chi connectivity index (χ2n) is 4.78. The van der Waals surface area contributed by atoms with E-state index in [4.69, 9.17) is 0 Å². The van der Waals surface area contributed by atoms with Gasteiger partial charge < -0.3 is 10.4 Å². The summed E-state index contributed by atoms with van der Waals surface area (Å²) in [6.45, 7) is 2.03. The van der Waals surface area contributed by atoms with Crippen LogP contribution in [0.2, 0.25) is 0 Å². The van der Waals surface area contributed by atoms with Crippen molar-refractivity contribution < 1.29 is 14.7 Å². The second-order valence-corrected chi connectivity index (χ2v) is 7.23. The molecule has 1 aromatic rings. The average Bonchev–Trinajstić information content (AvgIpc) is 2.83. The van der Waals surface area contributed by atoms with E-state index >= 15 is 0 Å². The van der Waals surface area contributed by atoms with Crippen LogP contribution >= 0.6 is 34.4 Å². The van der Waals surface area contributed by atoms with Crippen LogP contribution in [0, 0.1) is 3.57 Å². The summed E-state index contributed by atoms with van der Waals surface area (Å²) >= 11 is 3.71. The second kappa shape index (κ2) is 7.35. The quantitative estimate of drug-likeness (QED) is 0.733. The number of benzene rings is 1. The molecule has 1 aromatic carbocycles. The van der Waals surface area contributed by atoms with Crippen molar-refractivity contribution in [2.45, 2.75) is 31.2 Å². The van der Waals surface area contributed by atoms with E-state index < -0.39 is 12.0 Å². The zero-order valence-corrected chi connectivity index (χ0v) is 14.6. The Morgan fingerprint density at radius 2 is 2.29 bits per heavy atom. The van der Waals surface area contributed by atoms with Gasteiger partial charge in [0.1, 0.15) is 6.04 Å². The average molecular weight is 420 g/mol. The summed E-state index contributed by atoms with van der Waals surface area (Å²) in [4.78, 5) is 25.3. The summed E-state index contributed by atoms with van der Waals surface area (Å²) in [5.74, 6) is -0.501. The normalized spacial score (nSPS) is 21.3. The lowest BCUT2D eigenvalue weighted by molar-refractivity contribution is -0.141. The van der Waals surface area contributed by atoms with Gasteiger partial charge in [-0.15, -0.1) is 11.8 Å². The molecular weight excluding hydrogens is 403 g/mol. The number of urea groups is 1. The molecule has 1 heterocycles. The number of amides is 2. The molecule has 21 heavy (non-hydrogen) atoms. The maximum absolute atomic E-state index is 12.5. The van der Waals surface area contributed by atoms with Gasteiger partial charge in [-0.3, -0.25) is 4.90 Å². The molecule has 2 N–H and O–H groups in total. The van der Waals surface area contributed by atoms with Gasteiger partial charge in [0, 0.05) is 15.0 Å². The lowest BCUT2D eigenvalue weighted by Crippen LogP contribution is -2.47. The zero-order valence-electron chi connectivity index (χ0n) is 11.6. The molecular formula is C14H17IN2O3S. The molecule has 2 atom stereocenters. The van der Waals surface area contributed by atoms with E-state index in [0.717, 1.165) is 16.4 Å². The predicted molar refractivity (Wildman–Crippen MR) is 92.6 cm³/mol. The zero-order chi connectivity index (χ0) is 15.4. The molecule has 0 aromatic heterocycles. The number of nitrogens with one attached hydrogen (secondary N) is 1. The minimum absolute atomic E-state index is 0.0705. The number of halogens is 1. The van der Waals surface area contributed by atoms with Gasteiger partial charge in [-0.2, -0.15) is 0 Å². The van der Waals surface area contributed by atoms with E-state index in [-0.39, 0.29) is 11.4 Å². The Balaban J connectivity index is 2.14. The van der Waals surface area contributed by atoms with Gasteiger partial charge >= 0.3 is 12.0 Å². The molecule has 0 radical (unpaired) electrons. The topological polar surface area (TPSA) is 69.6 Å². The van der Waals surface area contributed by atoms with Crippen molar-refractivity contribution in [1.82, 2.24) is 4.90 Å². The first-order valence-corrected chi connectivity index (χ1v) is 8.85. The first-order chi connectivity index (χ1) is 10.0. The van der Waals surface area contributed by atoms with Gasteiger partial charge in [-0.1, -0.05) is 19.4 Å². The van der Waals surface area contributed by atoms with Gasteiger partial charge in [0.05, 0.1) is 5.37 Å². The number of carboxylic acids is 1. The van der Waals surface area contributed by atoms with Gasteiger partial charge in [0.15, 0.2) is 0 Å². The maximum Gasteiger partial charge on any atom is 0.327 e. The van der Waals surface area contributed by atoms with Crippen molar-refractivity contribution in [3.05, 3.63) is 27.8 Å². The lowest BCUT2D eigenvalue weighted by atomic mass is 10.2. The molecule has 5 nitrogen and oxygen atoms in total. The Morgan fingerprint density at radius 1 is 1.52 bits per heavy atom. The number of nitrogens with zero attached hydrogens (tertiary/aromatic N) is 1. The third kappa shape index (κ3) is 4.03. The van der Waals surface area contributed by atoms with E-state index in [1.807, 2.05) is 25.1 Å². The molecule has 1 fully saturated rings. The molecule has 0 aliphatic carbocycles. The highest BCUT2D eigenvalue weighted by Crippen LogP contribution is 2.32. The molecule has 0 saturated carbocycles. The van der Waals surface area contributed by atoms with E-state index in [1.165, 1.54) is 16.7 Å². The fourth-order valence-corrected chi connectivity index (χ4v) is 4.31. The molecule has 114 valence electrons. The van der Waals surface area contributed by atoms with Gasteiger partial charge in [-0.05, 0) is 47.2 Å². The summed E-state index contributed by atoms with van der Waals surface area (Å²) in [6, 6.07) is 6.35. The smallest absolute Gasteiger partial charge is 0.327 e. The van der Waals surface area contributed by atoms with E-state index in [2.05, 4.69) is 27.9 Å². The van der Waals surface area contributed by atoms with Crippen LogP contribution in [0.25, 0.3) is 0 Å². The van der Waals surface area contributed by atoms with Crippen molar-refractivity contribution in [1.29, 1.82) is 0 Å². The first kappa shape index (κ1) is 16.4. The van der Waals surface area contributed by atoms with Crippen LogP contribution < -0.4 is 5.32 Å². The molecule has 1 aliphatic heterocycles. The van der Waals surface area contributed by atoms with Crippen LogP contribution in [0.15, 0.2) is 24.3 Å². The number of hydrogen-bond acceptors (Lipinski definition) is 3. The van der Waals surface area contributed by atoms with Crippen LogP contribution in [0.4, 0.5) is 10.5 Å². The SMILES string of the molecule is CCCC1SCC(C(=O)O)N1C(=O)Nc1cccc(I)c1. The Hall–Kier alpha value is -0.960. The molecule has 0 bridgehead atoms. The largest absolute Gasteiger partial charge is 0.480 e. The van der Waals surface area contributed by atoms with Crippen LogP contribution in [0.3, 0.4) is 0 Å². The number of carbonyl (C=O) groups is 2. The van der Waals surface area contributed by atoms with E-state index in [9.17, 15) is 14.7 Å². The van der Waals surface area contributed by atoms with Crippen molar-refractivity contribution >= 4 is 52.0 Å². The number of carboxylic acid groups (broad SMARTS) is 1. The minimum atomic E-state index is -0.945. The molecule has 7 heteroatoms. The van der Waals surface area contributed by atoms with E-state index in [0.29, 0.717) is 11.4 Å². The summed E-state index contributed by atoms with van der Waals surface area (Å²) in [7, 11) is 0. The lowest BCUT2D eigenvalue weighted by Gasteiger charge is -2.27. The maximum atomic E-state index is 12.5. The number of anilines is 1. The molecule has 2 rings (SSSR count). The Bertz CT molecular complexity index is 541. The van der Waals surface area contributed by atoms with Crippen LogP contribution in [-0.2, 0) is 4.79 Å². The Kier molecular flexibility index (Phi) is 5.74. The summed E-state index contributed by atoms with van der Waals surface area (Å²) in [5.41, 5.74) is 0.684. The predicted octanol–water partition coefficient (Wildman–Crippen LogP) is 3.45. The van der Waals surface area contributed by atoms with E-state index in [1.54, 1.807) is 6.07 Å². The minimum Gasteiger partial charge on any atom is -0.480 e. The standard InChI is InChI=1S/C14H17IN2O3S/c1-2-4-12-17(11(8-21-12)13(18)19)14(20)16-10-6-3-5-9(15)7-10/h3,5-7,11-12H,2,4,8H2,1H3,(H,16,20)(H,18,19). The number of aliphatic carboxylic acids is 1. The van der Waals surface area contributed by atoms with Crippen molar-refractivity contribution in [3.8, 4) is 0 Å². The first-order valence-electron chi connectivity index (χ1n) is 6.72. The van der Waals surface area contributed by atoms with Crippen molar-refractivity contribution in [2.75, 3.05) is 11.1 Å². The van der Waals surface area contributed by atoms with Crippen LogP contribution in [0.5, 0.6) is 0 Å². The Labute approximate surface area is 141 Å². The summed E-state index contributed by atoms with van der Waals surface area (Å²) in [5, 5.41) is 12.0. The summed E-state index contributed by atoms with van der Waals surface area (Å²) < 4.78 is 1.01. The third-order valence-corrected chi connectivity index (χ3v) is 5.25. The highest BCUT2D eigenvalue weighted by Gasteiger charge is 2.41. The third-order valence-electron chi connectivity index (χ3n) is 3.22. The number of carbonyl (C=O) groups excluding carboxylic acids is 1. The fourth-order valence-electron chi connectivity index (χ4n) is 2.25. The van der Waals surface area contributed by atoms with Gasteiger partial charge in [0.2, 0.25) is 0 Å². The van der Waals surface area contributed by atoms with Crippen molar-refractivity contribution in [2.24, 2.45) is 0 Å². The van der Waals surface area contributed by atoms with Crippen molar-refractivity contribution in [3.63, 3.8) is 0 Å². The number of hydrogen-bond donors (Lipinski definition) is 2. The monoisotopic (exact) mass is 420 g/mol. The highest BCUT2D eigenvalue weighted by atomic mass is 127. The molecule has 1 aliphatic rings. The van der Waals surface area contributed by atoms with Gasteiger partial charge in [0.25, 0.3) is 0 Å². The molecule has 1 saturated heterocycles. The highest BCUT2D eigenvalue weighted by molar-refractivity contribution is 14.1. The fraction of sp³-hybridized carbons (Fsp3) is 0.429.